The Morgan fingerprint density at radius 1 is 0.419 bits per heavy atom. The van der Waals surface area contributed by atoms with Crippen LogP contribution in [0.3, 0.4) is 0 Å². The molecule has 2 aliphatic carbocycles. The molecule has 0 unspecified atom stereocenters. The highest BCUT2D eigenvalue weighted by atomic mass is 14.7. The van der Waals surface area contributed by atoms with E-state index in [1.165, 1.54) is 67.0 Å². The van der Waals surface area contributed by atoms with Gasteiger partial charge in [-0.3, -0.25) is 0 Å². The summed E-state index contributed by atoms with van der Waals surface area (Å²) in [5, 5.41) is 0. The van der Waals surface area contributed by atoms with Crippen molar-refractivity contribution in [2.24, 2.45) is 0 Å². The molecule has 0 amide bonds. The van der Waals surface area contributed by atoms with Gasteiger partial charge in [-0.2, -0.15) is 0 Å². The van der Waals surface area contributed by atoms with E-state index in [-0.39, 0.29) is 0 Å². The normalized spacial score (nSPS) is 12.9. The van der Waals surface area contributed by atoms with E-state index in [4.69, 9.17) is 0 Å². The second kappa shape index (κ2) is 6.33. The lowest BCUT2D eigenvalue weighted by atomic mass is 10.0. The Balaban J connectivity index is 1.22. The molecule has 7 rings (SSSR count). The summed E-state index contributed by atoms with van der Waals surface area (Å²) in [6, 6.07) is 35.7. The van der Waals surface area contributed by atoms with Gasteiger partial charge in [0.15, 0.2) is 0 Å². The van der Waals surface area contributed by atoms with Gasteiger partial charge in [0.1, 0.15) is 0 Å². The second-order valence-electron chi connectivity index (χ2n) is 8.70. The van der Waals surface area contributed by atoms with E-state index in [2.05, 4.69) is 102 Å². The molecule has 2 aliphatic rings. The van der Waals surface area contributed by atoms with E-state index in [9.17, 15) is 0 Å². The fourth-order valence-electron chi connectivity index (χ4n) is 5.36. The molecule has 0 saturated carbocycles. The van der Waals surface area contributed by atoms with Crippen LogP contribution < -0.4 is 0 Å². The highest BCUT2D eigenvalue weighted by molar-refractivity contribution is 5.82. The average Bonchev–Trinajstić information content (AvgIpc) is 3.53. The van der Waals surface area contributed by atoms with Gasteiger partial charge in [0, 0.05) is 11.4 Å². The van der Waals surface area contributed by atoms with Crippen molar-refractivity contribution >= 4 is 0 Å². The molecule has 1 nitrogen and oxygen atoms in total. The number of nitrogens with one attached hydrogen (secondary N) is 1. The van der Waals surface area contributed by atoms with Crippen LogP contribution >= 0.6 is 0 Å². The summed E-state index contributed by atoms with van der Waals surface area (Å²) >= 11 is 0. The maximum Gasteiger partial charge on any atom is 0.0458 e. The minimum atomic E-state index is 1.03. The van der Waals surface area contributed by atoms with Gasteiger partial charge in [-0.05, 0) is 92.7 Å². The lowest BCUT2D eigenvalue weighted by Gasteiger charge is -2.06. The number of rotatable bonds is 2. The zero-order valence-electron chi connectivity index (χ0n) is 17.2. The Morgan fingerprint density at radius 2 is 0.871 bits per heavy atom. The van der Waals surface area contributed by atoms with E-state index in [0.717, 1.165) is 12.8 Å². The molecular formula is C30H21N. The van der Waals surface area contributed by atoms with Gasteiger partial charge in [-0.25, -0.2) is 0 Å². The predicted molar refractivity (Wildman–Crippen MR) is 128 cm³/mol. The monoisotopic (exact) mass is 395 g/mol. The number of hydrogen-bond acceptors (Lipinski definition) is 0. The van der Waals surface area contributed by atoms with Gasteiger partial charge in [0.25, 0.3) is 0 Å². The molecule has 1 N–H and O–H groups in total. The Kier molecular flexibility index (Phi) is 3.45. The lowest BCUT2D eigenvalue weighted by Crippen LogP contribution is -1.86. The molecule has 0 atom stereocenters. The van der Waals surface area contributed by atoms with Crippen LogP contribution in [0.2, 0.25) is 0 Å². The first-order valence-corrected chi connectivity index (χ1v) is 11.0. The average molecular weight is 396 g/mol. The first-order chi connectivity index (χ1) is 15.3. The summed E-state index contributed by atoms with van der Waals surface area (Å²) in [6.07, 6.45) is 2.05. The van der Waals surface area contributed by atoms with Crippen LogP contribution in [-0.2, 0) is 12.8 Å². The van der Waals surface area contributed by atoms with Gasteiger partial charge in [0.2, 0.25) is 0 Å². The largest absolute Gasteiger partial charge is 0.355 e. The third-order valence-corrected chi connectivity index (χ3v) is 6.90. The fourth-order valence-corrected chi connectivity index (χ4v) is 5.36. The van der Waals surface area contributed by atoms with Crippen LogP contribution in [0.4, 0.5) is 0 Å². The molecule has 0 bridgehead atoms. The van der Waals surface area contributed by atoms with Crippen LogP contribution in [-0.4, -0.2) is 4.98 Å². The molecule has 0 aliphatic heterocycles. The van der Waals surface area contributed by atoms with Crippen molar-refractivity contribution < 1.29 is 0 Å². The van der Waals surface area contributed by atoms with E-state index in [1.807, 2.05) is 0 Å². The van der Waals surface area contributed by atoms with Crippen LogP contribution in [0.5, 0.6) is 0 Å². The molecular weight excluding hydrogens is 374 g/mol. The molecule has 0 fully saturated rings. The first kappa shape index (κ1) is 16.9. The summed E-state index contributed by atoms with van der Waals surface area (Å²) in [6.45, 7) is 0. The fraction of sp³-hybridized carbons (Fsp3) is 0.0667. The Bertz CT molecular complexity index is 1370. The number of hydrogen-bond donors (Lipinski definition) is 1. The molecule has 0 saturated heterocycles. The van der Waals surface area contributed by atoms with E-state index < -0.39 is 0 Å². The zero-order valence-corrected chi connectivity index (χ0v) is 17.2. The summed E-state index contributed by atoms with van der Waals surface area (Å²) in [4.78, 5) is 3.67. The molecule has 31 heavy (non-hydrogen) atoms. The summed E-state index contributed by atoms with van der Waals surface area (Å²) < 4.78 is 0. The van der Waals surface area contributed by atoms with Crippen molar-refractivity contribution in [2.75, 3.05) is 0 Å². The number of fused-ring (bicyclic) bond motifs is 6. The van der Waals surface area contributed by atoms with Gasteiger partial charge in [-0.1, -0.05) is 72.8 Å². The summed E-state index contributed by atoms with van der Waals surface area (Å²) in [5.74, 6) is 0. The zero-order chi connectivity index (χ0) is 20.4. The molecule has 146 valence electrons. The van der Waals surface area contributed by atoms with Gasteiger partial charge in [0.05, 0.1) is 0 Å². The topological polar surface area (TPSA) is 15.8 Å². The van der Waals surface area contributed by atoms with Crippen molar-refractivity contribution in [3.63, 3.8) is 0 Å². The molecule has 1 heteroatoms. The quantitative estimate of drug-likeness (QED) is 0.312. The van der Waals surface area contributed by atoms with Crippen molar-refractivity contribution in [3.8, 4) is 44.8 Å². The van der Waals surface area contributed by atoms with Crippen molar-refractivity contribution in [3.05, 3.63) is 119 Å². The second-order valence-corrected chi connectivity index (χ2v) is 8.70. The molecule has 5 aromatic rings. The van der Waals surface area contributed by atoms with Crippen LogP contribution in [0.1, 0.15) is 22.3 Å². The third-order valence-electron chi connectivity index (χ3n) is 6.90. The van der Waals surface area contributed by atoms with Crippen molar-refractivity contribution in [1.29, 1.82) is 0 Å². The smallest absolute Gasteiger partial charge is 0.0458 e. The van der Waals surface area contributed by atoms with Crippen molar-refractivity contribution in [1.82, 2.24) is 4.98 Å². The maximum absolute atomic E-state index is 3.67. The van der Waals surface area contributed by atoms with E-state index in [1.54, 1.807) is 0 Å². The number of H-pyrrole nitrogens is 1. The number of aromatic nitrogens is 1. The molecule has 0 radical (unpaired) electrons. The predicted octanol–water partition coefficient (Wildman–Crippen LogP) is 7.49. The van der Waals surface area contributed by atoms with Crippen LogP contribution in [0.25, 0.3) is 44.8 Å². The highest BCUT2D eigenvalue weighted by Gasteiger charge is 2.20. The summed E-state index contributed by atoms with van der Waals surface area (Å²) in [7, 11) is 0. The molecule has 4 aromatic carbocycles. The van der Waals surface area contributed by atoms with Crippen LogP contribution in [0, 0.1) is 0 Å². The molecule has 0 spiro atoms. The Morgan fingerprint density at radius 3 is 1.39 bits per heavy atom. The van der Waals surface area contributed by atoms with Gasteiger partial charge in [-0.15, -0.1) is 0 Å². The van der Waals surface area contributed by atoms with Gasteiger partial charge >= 0.3 is 0 Å². The van der Waals surface area contributed by atoms with E-state index in [0.29, 0.717) is 0 Å². The summed E-state index contributed by atoms with van der Waals surface area (Å²) in [5.41, 5.74) is 16.1. The lowest BCUT2D eigenvalue weighted by molar-refractivity contribution is 1.26. The molecule has 1 aromatic heterocycles. The minimum absolute atomic E-state index is 1.03. The highest BCUT2D eigenvalue weighted by Crippen LogP contribution is 2.40. The minimum Gasteiger partial charge on any atom is -0.355 e. The third kappa shape index (κ3) is 2.56. The Labute approximate surface area is 182 Å². The Hall–Kier alpha value is -3.84. The standard InChI is InChI=1S/C30H21N/c1-3-7-25-19(5-1)15-23-17-21(9-11-27(23)25)29-13-14-30(31-29)22-10-12-28-24(18-22)16-20-6-2-4-8-26(20)28/h1-14,17-18,31H,15-16H2. The van der Waals surface area contributed by atoms with Crippen molar-refractivity contribution in [2.45, 2.75) is 12.8 Å². The number of aromatic amines is 1. The molecule has 1 heterocycles. The maximum atomic E-state index is 3.67. The first-order valence-electron chi connectivity index (χ1n) is 11.0. The van der Waals surface area contributed by atoms with Crippen LogP contribution in [0.15, 0.2) is 97.1 Å². The SMILES string of the molecule is c1ccc2c(c1)Cc1cc(-c3ccc(-c4ccc5c(c4)Cc4ccccc4-5)[nH]3)ccc1-2. The van der Waals surface area contributed by atoms with E-state index >= 15 is 0 Å². The van der Waals surface area contributed by atoms with Gasteiger partial charge < -0.3 is 4.98 Å². The number of benzene rings is 4.